The molecule has 3 aromatic rings. The number of para-hydroxylation sites is 1. The van der Waals surface area contributed by atoms with Gasteiger partial charge in [0.1, 0.15) is 17.4 Å². The Hall–Kier alpha value is -1.87. The first-order valence-electron chi connectivity index (χ1n) is 5.85. The first kappa shape index (κ1) is 12.2. The zero-order valence-corrected chi connectivity index (χ0v) is 12.4. The van der Waals surface area contributed by atoms with Crippen molar-refractivity contribution in [3.05, 3.63) is 51.1 Å². The van der Waals surface area contributed by atoms with E-state index < -0.39 is 0 Å². The van der Waals surface area contributed by atoms with Crippen molar-refractivity contribution in [1.29, 1.82) is 5.26 Å². The first-order valence-corrected chi connectivity index (χ1v) is 6.93. The highest BCUT2D eigenvalue weighted by atomic mass is 127. The van der Waals surface area contributed by atoms with Crippen LogP contribution in [0.25, 0.3) is 22.4 Å². The van der Waals surface area contributed by atoms with Gasteiger partial charge in [-0.2, -0.15) is 5.26 Å². The lowest BCUT2D eigenvalue weighted by Crippen LogP contribution is -1.88. The van der Waals surface area contributed by atoms with Gasteiger partial charge in [-0.15, -0.1) is 0 Å². The van der Waals surface area contributed by atoms with E-state index in [0.717, 1.165) is 22.4 Å². The van der Waals surface area contributed by atoms with Crippen molar-refractivity contribution < 1.29 is 0 Å². The van der Waals surface area contributed by atoms with Crippen molar-refractivity contribution in [1.82, 2.24) is 9.97 Å². The van der Waals surface area contributed by atoms with Crippen LogP contribution in [0.3, 0.4) is 0 Å². The molecule has 92 valence electrons. The summed E-state index contributed by atoms with van der Waals surface area (Å²) in [6, 6.07) is 13.9. The maximum Gasteiger partial charge on any atom is 0.139 e. The van der Waals surface area contributed by atoms with Crippen LogP contribution in [0.4, 0.5) is 0 Å². The van der Waals surface area contributed by atoms with Crippen LogP contribution in [0.5, 0.6) is 0 Å². The van der Waals surface area contributed by atoms with Gasteiger partial charge in [0, 0.05) is 9.13 Å². The van der Waals surface area contributed by atoms with Crippen LogP contribution in [-0.2, 0) is 0 Å². The van der Waals surface area contributed by atoms with Gasteiger partial charge in [-0.1, -0.05) is 24.3 Å². The van der Waals surface area contributed by atoms with Crippen molar-refractivity contribution in [3.8, 4) is 17.5 Å². The summed E-state index contributed by atoms with van der Waals surface area (Å²) in [6.07, 6.45) is 0. The molecule has 0 unspecified atom stereocenters. The highest BCUT2D eigenvalue weighted by Crippen LogP contribution is 2.28. The Morgan fingerprint density at radius 1 is 1.21 bits per heavy atom. The Bertz CT molecular complexity index is 812. The lowest BCUT2D eigenvalue weighted by atomic mass is 10.1. The fraction of sp³-hybridized carbons (Fsp3) is 0.0667. The molecule has 2 aromatic carbocycles. The summed E-state index contributed by atoms with van der Waals surface area (Å²) in [5.74, 6) is 0.811. The Labute approximate surface area is 124 Å². The molecule has 0 bridgehead atoms. The van der Waals surface area contributed by atoms with Gasteiger partial charge in [0.2, 0.25) is 0 Å². The molecule has 4 heteroatoms. The topological polar surface area (TPSA) is 52.5 Å². The van der Waals surface area contributed by atoms with E-state index in [2.05, 4.69) is 51.6 Å². The van der Waals surface area contributed by atoms with Gasteiger partial charge in [-0.25, -0.2) is 4.98 Å². The monoisotopic (exact) mass is 359 g/mol. The summed E-state index contributed by atoms with van der Waals surface area (Å²) >= 11 is 2.33. The van der Waals surface area contributed by atoms with Gasteiger partial charge in [0.05, 0.1) is 11.1 Å². The minimum Gasteiger partial charge on any atom is -0.338 e. The molecule has 0 saturated heterocycles. The molecule has 0 aliphatic heterocycles. The quantitative estimate of drug-likeness (QED) is 0.668. The third-order valence-corrected chi connectivity index (χ3v) is 4.51. The molecule has 3 nitrogen and oxygen atoms in total. The standard InChI is InChI=1S/C15H10IN3/c1-9-4-2-6-11(13(9)16)15-18-12-7-3-5-10(8-17)14(12)19-15/h2-7H,1H3,(H,18,19). The van der Waals surface area contributed by atoms with E-state index in [1.165, 1.54) is 9.13 Å². The Balaban J connectivity index is 2.27. The van der Waals surface area contributed by atoms with Crippen LogP contribution < -0.4 is 0 Å². The fourth-order valence-electron chi connectivity index (χ4n) is 2.08. The maximum atomic E-state index is 9.11. The molecule has 0 radical (unpaired) electrons. The minimum atomic E-state index is 0.600. The third kappa shape index (κ3) is 2.00. The van der Waals surface area contributed by atoms with Gasteiger partial charge in [-0.05, 0) is 47.2 Å². The summed E-state index contributed by atoms with van der Waals surface area (Å²) in [4.78, 5) is 7.86. The van der Waals surface area contributed by atoms with Gasteiger partial charge in [0.15, 0.2) is 0 Å². The number of halogens is 1. The molecule has 1 heterocycles. The van der Waals surface area contributed by atoms with Crippen molar-refractivity contribution in [2.24, 2.45) is 0 Å². The Morgan fingerprint density at radius 2 is 2.00 bits per heavy atom. The van der Waals surface area contributed by atoms with Crippen molar-refractivity contribution >= 4 is 33.6 Å². The van der Waals surface area contributed by atoms with Crippen LogP contribution in [0.1, 0.15) is 11.1 Å². The summed E-state index contributed by atoms with van der Waals surface area (Å²) in [6.45, 7) is 2.08. The van der Waals surface area contributed by atoms with E-state index in [1.54, 1.807) is 6.07 Å². The van der Waals surface area contributed by atoms with Gasteiger partial charge in [-0.3, -0.25) is 0 Å². The number of aromatic nitrogens is 2. The highest BCUT2D eigenvalue weighted by molar-refractivity contribution is 14.1. The Kier molecular flexibility index (Phi) is 2.99. The number of nitrogens with zero attached hydrogens (tertiary/aromatic N) is 2. The number of nitriles is 1. The predicted molar refractivity (Wildman–Crippen MR) is 83.7 cm³/mol. The van der Waals surface area contributed by atoms with Gasteiger partial charge >= 0.3 is 0 Å². The molecule has 0 amide bonds. The lowest BCUT2D eigenvalue weighted by Gasteiger charge is -2.03. The molecule has 0 spiro atoms. The SMILES string of the molecule is Cc1cccc(-c2nc3c(C#N)cccc3[nH]2)c1I. The second kappa shape index (κ2) is 4.67. The van der Waals surface area contributed by atoms with Crippen LogP contribution in [-0.4, -0.2) is 9.97 Å². The Morgan fingerprint density at radius 3 is 2.79 bits per heavy atom. The van der Waals surface area contributed by atoms with Crippen molar-refractivity contribution in [2.75, 3.05) is 0 Å². The van der Waals surface area contributed by atoms with E-state index in [9.17, 15) is 0 Å². The van der Waals surface area contributed by atoms with Gasteiger partial charge < -0.3 is 4.98 Å². The molecule has 1 aromatic heterocycles. The lowest BCUT2D eigenvalue weighted by molar-refractivity contribution is 1.31. The van der Waals surface area contributed by atoms with Crippen LogP contribution in [0, 0.1) is 21.8 Å². The van der Waals surface area contributed by atoms with Crippen LogP contribution in [0.15, 0.2) is 36.4 Å². The second-order valence-corrected chi connectivity index (χ2v) is 5.41. The minimum absolute atomic E-state index is 0.600. The number of rotatable bonds is 1. The first-order chi connectivity index (χ1) is 9.20. The second-order valence-electron chi connectivity index (χ2n) is 4.34. The largest absolute Gasteiger partial charge is 0.338 e. The van der Waals surface area contributed by atoms with E-state index in [4.69, 9.17) is 5.26 Å². The van der Waals surface area contributed by atoms with Crippen molar-refractivity contribution in [3.63, 3.8) is 0 Å². The summed E-state index contributed by atoms with van der Waals surface area (Å²) in [5, 5.41) is 9.11. The molecule has 19 heavy (non-hydrogen) atoms. The molecule has 1 N–H and O–H groups in total. The number of aromatic amines is 1. The smallest absolute Gasteiger partial charge is 0.139 e. The molecular weight excluding hydrogens is 349 g/mol. The zero-order valence-electron chi connectivity index (χ0n) is 10.2. The number of aryl methyl sites for hydroxylation is 1. The number of hydrogen-bond donors (Lipinski definition) is 1. The third-order valence-electron chi connectivity index (χ3n) is 3.08. The van der Waals surface area contributed by atoms with Crippen molar-refractivity contribution in [2.45, 2.75) is 6.92 Å². The average Bonchev–Trinajstić information content (AvgIpc) is 2.85. The zero-order chi connectivity index (χ0) is 13.4. The number of fused-ring (bicyclic) bond motifs is 1. The average molecular weight is 359 g/mol. The van der Waals surface area contributed by atoms with E-state index in [0.29, 0.717) is 5.56 Å². The number of imidazole rings is 1. The van der Waals surface area contributed by atoms with E-state index >= 15 is 0 Å². The molecule has 0 atom stereocenters. The van der Waals surface area contributed by atoms with Gasteiger partial charge in [0.25, 0.3) is 0 Å². The normalized spacial score (nSPS) is 10.6. The number of benzene rings is 2. The molecule has 0 aliphatic rings. The molecule has 0 saturated carbocycles. The summed E-state index contributed by atoms with van der Waals surface area (Å²) in [7, 11) is 0. The highest BCUT2D eigenvalue weighted by Gasteiger charge is 2.11. The number of H-pyrrole nitrogens is 1. The maximum absolute atomic E-state index is 9.11. The van der Waals surface area contributed by atoms with E-state index in [-0.39, 0.29) is 0 Å². The predicted octanol–water partition coefficient (Wildman–Crippen LogP) is 4.01. The number of hydrogen-bond acceptors (Lipinski definition) is 2. The van der Waals surface area contributed by atoms with Crippen LogP contribution in [0.2, 0.25) is 0 Å². The van der Waals surface area contributed by atoms with Crippen LogP contribution >= 0.6 is 22.6 Å². The number of nitrogens with one attached hydrogen (secondary N) is 1. The fourth-order valence-corrected chi connectivity index (χ4v) is 2.70. The molecular formula is C15H10IN3. The van der Waals surface area contributed by atoms with E-state index in [1.807, 2.05) is 24.3 Å². The summed E-state index contributed by atoms with van der Waals surface area (Å²) < 4.78 is 1.18. The molecule has 0 fully saturated rings. The molecule has 3 rings (SSSR count). The molecule has 0 aliphatic carbocycles. The summed E-state index contributed by atoms with van der Waals surface area (Å²) in [5.41, 5.74) is 4.52.